The molecule has 0 heterocycles. The summed E-state index contributed by atoms with van der Waals surface area (Å²) in [5.74, 6) is 0.171. The molecule has 0 aliphatic carbocycles. The molecule has 0 aromatic heterocycles. The number of rotatable bonds is 0. The van der Waals surface area contributed by atoms with Gasteiger partial charge in [-0.1, -0.05) is 56.8 Å². The summed E-state index contributed by atoms with van der Waals surface area (Å²) in [6, 6.07) is 0. The first-order valence-electron chi connectivity index (χ1n) is 6.53. The average molecular weight is 419 g/mol. The van der Waals surface area contributed by atoms with E-state index in [9.17, 15) is 9.59 Å². The minimum absolute atomic E-state index is 0. The summed E-state index contributed by atoms with van der Waals surface area (Å²) < 4.78 is 0. The van der Waals surface area contributed by atoms with Gasteiger partial charge in [-0.15, -0.1) is 0 Å². The zero-order valence-electron chi connectivity index (χ0n) is 15.2. The zero-order chi connectivity index (χ0) is 18.6. The Hall–Kier alpha value is -1.14. The predicted octanol–water partition coefficient (Wildman–Crippen LogP) is 6.99. The molecule has 3 N–H and O–H groups in total. The molecular weight excluding hydrogens is 360 g/mol. The molecule has 1 amide bonds. The van der Waals surface area contributed by atoms with Gasteiger partial charge in [0.05, 0.1) is 0 Å². The van der Waals surface area contributed by atoms with Crippen LogP contribution in [0.15, 0.2) is 0 Å². The molecule has 0 rings (SSSR count). The summed E-state index contributed by atoms with van der Waals surface area (Å²) in [7, 11) is 1.60. The summed E-state index contributed by atoms with van der Waals surface area (Å²) in [5.41, 5.74) is 0.667. The molecule has 0 fully saturated rings. The van der Waals surface area contributed by atoms with Crippen molar-refractivity contribution in [3.63, 3.8) is 0 Å². The van der Waals surface area contributed by atoms with Crippen molar-refractivity contribution in [2.24, 2.45) is 0 Å². The number of amides is 1. The SMILES string of the molecule is C.C.C.C.C.C.CC(C)=N.CC(C)=O.CC(C)=S.CC(C)O.CNC(C)=O. The monoisotopic (exact) mass is 418 g/mol. The van der Waals surface area contributed by atoms with Crippen molar-refractivity contribution in [3.05, 3.63) is 0 Å². The van der Waals surface area contributed by atoms with E-state index in [0.717, 1.165) is 4.86 Å². The van der Waals surface area contributed by atoms with Crippen LogP contribution in [0.2, 0.25) is 0 Å². The molecule has 6 heteroatoms. The molecule has 0 bridgehead atoms. The molecule has 27 heavy (non-hydrogen) atoms. The Morgan fingerprint density at radius 3 is 0.852 bits per heavy atom. The van der Waals surface area contributed by atoms with Crippen LogP contribution in [0.5, 0.6) is 0 Å². The Morgan fingerprint density at radius 1 is 0.815 bits per heavy atom. The number of carbonyl (C=O) groups is 2. The first-order valence-corrected chi connectivity index (χ1v) is 6.93. The van der Waals surface area contributed by atoms with Crippen LogP contribution in [0.25, 0.3) is 0 Å². The zero-order valence-corrected chi connectivity index (χ0v) is 16.1. The van der Waals surface area contributed by atoms with Crippen molar-refractivity contribution in [1.29, 1.82) is 5.41 Å². The Kier molecular flexibility index (Phi) is 172. The number of aliphatic hydroxyl groups excluding tert-OH is 1. The second kappa shape index (κ2) is 64.1. The lowest BCUT2D eigenvalue weighted by Crippen LogP contribution is -2.11. The van der Waals surface area contributed by atoms with Crippen LogP contribution in [-0.2, 0) is 9.59 Å². The van der Waals surface area contributed by atoms with Crippen molar-refractivity contribution >= 4 is 34.5 Å². The van der Waals surface area contributed by atoms with E-state index in [-0.39, 0.29) is 62.4 Å². The number of hydrogen-bond acceptors (Lipinski definition) is 5. The maximum Gasteiger partial charge on any atom is 0.216 e. The van der Waals surface area contributed by atoms with E-state index >= 15 is 0 Å². The van der Waals surface area contributed by atoms with Crippen LogP contribution in [-0.4, -0.2) is 40.5 Å². The number of thiocarbonyl (C=S) groups is 1. The van der Waals surface area contributed by atoms with Crippen LogP contribution in [0, 0.1) is 5.41 Å². The van der Waals surface area contributed by atoms with Crippen LogP contribution < -0.4 is 5.32 Å². The smallest absolute Gasteiger partial charge is 0.216 e. The average Bonchev–Trinajstić information content (AvgIpc) is 2.13. The van der Waals surface area contributed by atoms with Gasteiger partial charge >= 0.3 is 0 Å². The molecule has 0 aromatic rings. The fourth-order valence-electron chi connectivity index (χ4n) is 0. The van der Waals surface area contributed by atoms with Gasteiger partial charge in [-0.2, -0.15) is 0 Å². The first-order chi connectivity index (χ1) is 9.20. The quantitative estimate of drug-likeness (QED) is 0.292. The van der Waals surface area contributed by atoms with Gasteiger partial charge in [-0.25, -0.2) is 0 Å². The van der Waals surface area contributed by atoms with Crippen molar-refractivity contribution in [2.45, 2.75) is 113 Å². The summed E-state index contributed by atoms with van der Waals surface area (Å²) in [6.45, 7) is 15.3. The highest BCUT2D eigenvalue weighted by atomic mass is 32.1. The number of aliphatic hydroxyl groups is 1. The van der Waals surface area contributed by atoms with Crippen molar-refractivity contribution in [3.8, 4) is 0 Å². The molecule has 0 radical (unpaired) electrons. The predicted molar refractivity (Wildman–Crippen MR) is 137 cm³/mol. The minimum atomic E-state index is -0.167. The molecular formula is C21H58N2O3S. The molecule has 0 spiro atoms. The third kappa shape index (κ3) is 17600. The molecule has 0 aromatic carbocycles. The molecule has 176 valence electrons. The van der Waals surface area contributed by atoms with Gasteiger partial charge in [0.15, 0.2) is 0 Å². The number of Topliss-reactive ketones (excluding diaryl/α,β-unsaturated/α-hetero) is 1. The minimum Gasteiger partial charge on any atom is -0.394 e. The molecule has 0 saturated carbocycles. The third-order valence-electron chi connectivity index (χ3n) is 0.352. The summed E-state index contributed by atoms with van der Waals surface area (Å²) in [4.78, 5) is 20.1. The van der Waals surface area contributed by atoms with Crippen LogP contribution in [0.3, 0.4) is 0 Å². The summed E-state index contributed by atoms with van der Waals surface area (Å²) in [6.07, 6.45) is -0.167. The Bertz CT molecular complexity index is 237. The Morgan fingerprint density at radius 2 is 0.852 bits per heavy atom. The topological polar surface area (TPSA) is 90.2 Å². The Labute approximate surface area is 180 Å². The lowest BCUT2D eigenvalue weighted by molar-refractivity contribution is -0.118. The van der Waals surface area contributed by atoms with Gasteiger partial charge in [0, 0.05) is 25.8 Å². The van der Waals surface area contributed by atoms with E-state index in [4.69, 9.17) is 10.5 Å². The van der Waals surface area contributed by atoms with Gasteiger partial charge in [0.2, 0.25) is 5.91 Å². The maximum absolute atomic E-state index is 9.70. The van der Waals surface area contributed by atoms with E-state index < -0.39 is 0 Å². The molecule has 0 aliphatic rings. The second-order valence-corrected chi connectivity index (χ2v) is 5.53. The highest BCUT2D eigenvalue weighted by Gasteiger charge is 1.72. The largest absolute Gasteiger partial charge is 0.394 e. The third-order valence-corrected chi connectivity index (χ3v) is 0.352. The summed E-state index contributed by atoms with van der Waals surface area (Å²) >= 11 is 4.54. The van der Waals surface area contributed by atoms with E-state index in [1.54, 1.807) is 34.7 Å². The Balaban J connectivity index is -0.0000000125. The van der Waals surface area contributed by atoms with Gasteiger partial charge in [-0.3, -0.25) is 4.79 Å². The number of hydrogen-bond donors (Lipinski definition) is 3. The van der Waals surface area contributed by atoms with E-state index in [2.05, 4.69) is 17.5 Å². The van der Waals surface area contributed by atoms with Crippen molar-refractivity contribution < 1.29 is 14.7 Å². The molecule has 0 saturated heterocycles. The lowest BCUT2D eigenvalue weighted by atomic mass is 10.5. The van der Waals surface area contributed by atoms with Gasteiger partial charge in [0.1, 0.15) is 5.78 Å². The van der Waals surface area contributed by atoms with Crippen LogP contribution in [0.1, 0.15) is 107 Å². The van der Waals surface area contributed by atoms with E-state index in [1.165, 1.54) is 20.8 Å². The van der Waals surface area contributed by atoms with Crippen LogP contribution >= 0.6 is 12.2 Å². The fourth-order valence-corrected chi connectivity index (χ4v) is 0. The van der Waals surface area contributed by atoms with E-state index in [1.807, 2.05) is 13.8 Å². The van der Waals surface area contributed by atoms with Crippen molar-refractivity contribution in [2.75, 3.05) is 7.05 Å². The van der Waals surface area contributed by atoms with Gasteiger partial charge in [0.25, 0.3) is 0 Å². The highest BCUT2D eigenvalue weighted by Crippen LogP contribution is 1.65. The lowest BCUT2D eigenvalue weighted by Gasteiger charge is -1.80. The highest BCUT2D eigenvalue weighted by molar-refractivity contribution is 7.80. The first kappa shape index (κ1) is 72.4. The van der Waals surface area contributed by atoms with Gasteiger partial charge in [-0.05, 0) is 60.3 Å². The van der Waals surface area contributed by atoms with Gasteiger partial charge < -0.3 is 20.6 Å². The fraction of sp³-hybridized carbons (Fsp3) is 0.810. The maximum atomic E-state index is 9.70. The van der Waals surface area contributed by atoms with E-state index in [0.29, 0.717) is 5.71 Å². The molecule has 5 nitrogen and oxygen atoms in total. The van der Waals surface area contributed by atoms with Crippen molar-refractivity contribution in [1.82, 2.24) is 5.32 Å². The summed E-state index contributed by atoms with van der Waals surface area (Å²) in [5, 5.41) is 16.9. The normalized spacial score (nSPS) is 5.48. The molecule has 0 unspecified atom stereocenters. The standard InChI is InChI=1S/C3H7NO.C3H7N.C3H8O.C3H6O.C3H6S.6CH4/c1-3(5)4-2;4*1-3(2)4;;;;;;/h1-2H3,(H,4,5);4H,1-2H3;3-4H,1-2H3;2*1-2H3;6*1H4. The molecule has 0 aliphatic heterocycles. The second-order valence-electron chi connectivity index (χ2n) is 4.72. The number of ketones is 1. The number of carbonyl (C=O) groups excluding carboxylic acids is 2. The molecule has 0 atom stereocenters. The van der Waals surface area contributed by atoms with Crippen LogP contribution in [0.4, 0.5) is 0 Å². The number of nitrogens with one attached hydrogen (secondary N) is 2.